The molecular formula is C17H23NO. The maximum atomic E-state index is 5.63. The molecule has 1 aliphatic carbocycles. The Labute approximate surface area is 115 Å². The summed E-state index contributed by atoms with van der Waals surface area (Å²) in [4.78, 5) is 0. The molecule has 0 aromatic heterocycles. The zero-order valence-electron chi connectivity index (χ0n) is 11.9. The van der Waals surface area contributed by atoms with E-state index in [4.69, 9.17) is 4.74 Å². The average Bonchev–Trinajstić information content (AvgIpc) is 2.47. The molecule has 0 amide bonds. The third-order valence-corrected chi connectivity index (χ3v) is 4.50. The smallest absolute Gasteiger partial charge is 0.0617 e. The first-order valence-electron chi connectivity index (χ1n) is 7.34. The molecule has 1 aliphatic heterocycles. The van der Waals surface area contributed by atoms with Gasteiger partial charge in [0.25, 0.3) is 0 Å². The summed E-state index contributed by atoms with van der Waals surface area (Å²) in [5.41, 5.74) is 5.95. The van der Waals surface area contributed by atoms with Crippen LogP contribution in [-0.2, 0) is 11.2 Å². The van der Waals surface area contributed by atoms with Crippen molar-refractivity contribution in [2.45, 2.75) is 38.2 Å². The molecule has 2 aliphatic rings. The van der Waals surface area contributed by atoms with Gasteiger partial charge in [-0.15, -0.1) is 0 Å². The second-order valence-corrected chi connectivity index (χ2v) is 5.77. The Hall–Kier alpha value is -1.12. The number of methoxy groups -OCH3 is 1. The molecule has 0 saturated heterocycles. The van der Waals surface area contributed by atoms with Gasteiger partial charge in [-0.05, 0) is 54.0 Å². The number of ether oxygens (including phenoxy) is 1. The van der Waals surface area contributed by atoms with E-state index in [1.807, 2.05) is 7.11 Å². The van der Waals surface area contributed by atoms with Crippen molar-refractivity contribution in [1.29, 1.82) is 0 Å². The van der Waals surface area contributed by atoms with Crippen molar-refractivity contribution < 1.29 is 4.74 Å². The molecule has 1 heterocycles. The van der Waals surface area contributed by atoms with Gasteiger partial charge in [0.2, 0.25) is 0 Å². The van der Waals surface area contributed by atoms with Crippen molar-refractivity contribution in [2.24, 2.45) is 0 Å². The van der Waals surface area contributed by atoms with E-state index in [2.05, 4.69) is 36.5 Å². The van der Waals surface area contributed by atoms with Gasteiger partial charge in [0.1, 0.15) is 0 Å². The first-order chi connectivity index (χ1) is 9.29. The number of hydrogen-bond acceptors (Lipinski definition) is 2. The Bertz CT molecular complexity index is 492. The summed E-state index contributed by atoms with van der Waals surface area (Å²) in [6.07, 6.45) is 6.12. The van der Waals surface area contributed by atoms with Gasteiger partial charge in [0.05, 0.1) is 6.10 Å². The fraction of sp³-hybridized carbons (Fsp3) is 0.529. The Balaban J connectivity index is 2.02. The highest BCUT2D eigenvalue weighted by Crippen LogP contribution is 2.36. The number of fused-ring (bicyclic) bond motifs is 1. The predicted octanol–water partition coefficient (Wildman–Crippen LogP) is 3.13. The van der Waals surface area contributed by atoms with Crippen molar-refractivity contribution in [3.8, 4) is 0 Å². The standard InChI is InChI=1S/C17H23NO/c1-12-9-14(19-2)10-17-15(12)6-3-7-16(17)13-5-4-8-18-11-13/h3,5-7,12,14,18H,4,8-11H2,1-2H3. The monoisotopic (exact) mass is 257 g/mol. The van der Waals surface area contributed by atoms with Crippen molar-refractivity contribution in [1.82, 2.24) is 5.32 Å². The van der Waals surface area contributed by atoms with E-state index in [-0.39, 0.29) is 0 Å². The second kappa shape index (κ2) is 5.48. The third-order valence-electron chi connectivity index (χ3n) is 4.50. The minimum atomic E-state index is 0.376. The van der Waals surface area contributed by atoms with E-state index in [0.717, 1.165) is 32.4 Å². The van der Waals surface area contributed by atoms with Crippen LogP contribution in [0.5, 0.6) is 0 Å². The molecule has 1 aromatic carbocycles. The maximum Gasteiger partial charge on any atom is 0.0617 e. The number of rotatable bonds is 2. The Morgan fingerprint density at radius 2 is 2.21 bits per heavy atom. The molecule has 0 saturated carbocycles. The summed E-state index contributed by atoms with van der Waals surface area (Å²) in [6.45, 7) is 4.43. The van der Waals surface area contributed by atoms with Crippen LogP contribution in [0.3, 0.4) is 0 Å². The minimum absolute atomic E-state index is 0.376. The summed E-state index contributed by atoms with van der Waals surface area (Å²) in [5, 5.41) is 3.48. The summed E-state index contributed by atoms with van der Waals surface area (Å²) in [6, 6.07) is 6.79. The van der Waals surface area contributed by atoms with Gasteiger partial charge in [0.15, 0.2) is 0 Å². The molecule has 0 radical (unpaired) electrons. The van der Waals surface area contributed by atoms with Crippen molar-refractivity contribution in [2.75, 3.05) is 20.2 Å². The molecule has 1 aromatic rings. The number of hydrogen-bond donors (Lipinski definition) is 1. The summed E-state index contributed by atoms with van der Waals surface area (Å²) in [7, 11) is 1.84. The highest BCUT2D eigenvalue weighted by Gasteiger charge is 2.26. The zero-order chi connectivity index (χ0) is 13.2. The van der Waals surface area contributed by atoms with E-state index in [9.17, 15) is 0 Å². The molecule has 102 valence electrons. The fourth-order valence-corrected chi connectivity index (χ4v) is 3.46. The lowest BCUT2D eigenvalue weighted by Crippen LogP contribution is -2.26. The summed E-state index contributed by atoms with van der Waals surface area (Å²) < 4.78 is 5.63. The van der Waals surface area contributed by atoms with Crippen LogP contribution >= 0.6 is 0 Å². The SMILES string of the molecule is COC1Cc2c(C3=CCCNC3)cccc2C(C)C1. The van der Waals surface area contributed by atoms with Crippen molar-refractivity contribution in [3.05, 3.63) is 41.0 Å². The molecule has 1 N–H and O–H groups in total. The first-order valence-corrected chi connectivity index (χ1v) is 7.34. The Morgan fingerprint density at radius 1 is 1.32 bits per heavy atom. The normalized spacial score (nSPS) is 26.7. The van der Waals surface area contributed by atoms with Gasteiger partial charge >= 0.3 is 0 Å². The molecule has 2 nitrogen and oxygen atoms in total. The van der Waals surface area contributed by atoms with Crippen LogP contribution in [0.15, 0.2) is 24.3 Å². The van der Waals surface area contributed by atoms with Crippen LogP contribution in [0.25, 0.3) is 5.57 Å². The highest BCUT2D eigenvalue weighted by atomic mass is 16.5. The van der Waals surface area contributed by atoms with Crippen LogP contribution in [-0.4, -0.2) is 26.3 Å². The third kappa shape index (κ3) is 2.47. The molecular weight excluding hydrogens is 234 g/mol. The molecule has 2 unspecified atom stereocenters. The summed E-state index contributed by atoms with van der Waals surface area (Å²) in [5.74, 6) is 0.603. The van der Waals surface area contributed by atoms with E-state index in [0.29, 0.717) is 12.0 Å². The highest BCUT2D eigenvalue weighted by molar-refractivity contribution is 5.71. The maximum absolute atomic E-state index is 5.63. The molecule has 19 heavy (non-hydrogen) atoms. The predicted molar refractivity (Wildman–Crippen MR) is 79.4 cm³/mol. The Morgan fingerprint density at radius 3 is 2.95 bits per heavy atom. The summed E-state index contributed by atoms with van der Waals surface area (Å²) >= 11 is 0. The lowest BCUT2D eigenvalue weighted by molar-refractivity contribution is 0.0846. The van der Waals surface area contributed by atoms with E-state index in [1.54, 1.807) is 0 Å². The van der Waals surface area contributed by atoms with Crippen molar-refractivity contribution >= 4 is 5.57 Å². The van der Waals surface area contributed by atoms with Crippen LogP contribution in [0, 0.1) is 0 Å². The topological polar surface area (TPSA) is 21.3 Å². The Kier molecular flexibility index (Phi) is 3.72. The molecule has 3 rings (SSSR count). The second-order valence-electron chi connectivity index (χ2n) is 5.77. The first kappa shape index (κ1) is 12.9. The van der Waals surface area contributed by atoms with Crippen LogP contribution in [0.1, 0.15) is 42.4 Å². The quantitative estimate of drug-likeness (QED) is 0.879. The fourth-order valence-electron chi connectivity index (χ4n) is 3.46. The minimum Gasteiger partial charge on any atom is -0.381 e. The largest absolute Gasteiger partial charge is 0.381 e. The number of benzene rings is 1. The van der Waals surface area contributed by atoms with Crippen LogP contribution < -0.4 is 5.32 Å². The van der Waals surface area contributed by atoms with Gasteiger partial charge < -0.3 is 10.1 Å². The zero-order valence-corrected chi connectivity index (χ0v) is 11.9. The van der Waals surface area contributed by atoms with E-state index in [1.165, 1.54) is 22.3 Å². The lowest BCUT2D eigenvalue weighted by atomic mass is 9.78. The van der Waals surface area contributed by atoms with E-state index < -0.39 is 0 Å². The van der Waals surface area contributed by atoms with Gasteiger partial charge in [0, 0.05) is 13.7 Å². The molecule has 2 heteroatoms. The van der Waals surface area contributed by atoms with Gasteiger partial charge in [-0.25, -0.2) is 0 Å². The van der Waals surface area contributed by atoms with Crippen molar-refractivity contribution in [3.63, 3.8) is 0 Å². The molecule has 0 spiro atoms. The molecule has 0 fully saturated rings. The number of nitrogens with one attached hydrogen (secondary N) is 1. The molecule has 2 atom stereocenters. The van der Waals surface area contributed by atoms with Gasteiger partial charge in [-0.3, -0.25) is 0 Å². The molecule has 0 bridgehead atoms. The van der Waals surface area contributed by atoms with E-state index >= 15 is 0 Å². The van der Waals surface area contributed by atoms with Crippen LogP contribution in [0.4, 0.5) is 0 Å². The lowest BCUT2D eigenvalue weighted by Gasteiger charge is -2.31. The van der Waals surface area contributed by atoms with Gasteiger partial charge in [-0.2, -0.15) is 0 Å². The average molecular weight is 257 g/mol. The van der Waals surface area contributed by atoms with Gasteiger partial charge in [-0.1, -0.05) is 31.2 Å². The van der Waals surface area contributed by atoms with Crippen LogP contribution in [0.2, 0.25) is 0 Å².